The molecule has 0 saturated carbocycles. The van der Waals surface area contributed by atoms with E-state index < -0.39 is 0 Å². The van der Waals surface area contributed by atoms with E-state index in [9.17, 15) is 4.39 Å². The number of hydrogen-bond donors (Lipinski definition) is 1. The first-order chi connectivity index (χ1) is 8.19. The average Bonchev–Trinajstić information content (AvgIpc) is 2.34. The number of rotatable bonds is 3. The van der Waals surface area contributed by atoms with Crippen molar-refractivity contribution in [2.24, 2.45) is 0 Å². The number of hydrogen-bond acceptors (Lipinski definition) is 3. The zero-order valence-corrected chi connectivity index (χ0v) is 10.3. The average molecular weight is 298 g/mol. The third kappa shape index (κ3) is 3.01. The van der Waals surface area contributed by atoms with E-state index in [4.69, 9.17) is 9.84 Å². The van der Waals surface area contributed by atoms with Crippen molar-refractivity contribution in [1.29, 1.82) is 0 Å². The molecule has 0 aliphatic rings. The van der Waals surface area contributed by atoms with Crippen molar-refractivity contribution in [2.45, 2.75) is 6.61 Å². The van der Waals surface area contributed by atoms with Gasteiger partial charge in [-0.25, -0.2) is 4.39 Å². The first kappa shape index (κ1) is 12.0. The minimum Gasteiger partial charge on any atom is -0.457 e. The normalized spacial score (nSPS) is 10.3. The van der Waals surface area contributed by atoms with Crippen LogP contribution in [0.1, 0.15) is 5.69 Å². The summed E-state index contributed by atoms with van der Waals surface area (Å²) in [5.74, 6) is 0.707. The zero-order valence-electron chi connectivity index (χ0n) is 8.73. The van der Waals surface area contributed by atoms with Gasteiger partial charge in [0.2, 0.25) is 0 Å². The lowest BCUT2D eigenvalue weighted by Crippen LogP contribution is -1.91. The number of aliphatic hydroxyl groups is 1. The summed E-state index contributed by atoms with van der Waals surface area (Å²) in [6.07, 6.45) is 1.54. The topological polar surface area (TPSA) is 42.4 Å². The van der Waals surface area contributed by atoms with E-state index in [2.05, 4.69) is 20.9 Å². The van der Waals surface area contributed by atoms with Crippen LogP contribution in [0.25, 0.3) is 0 Å². The van der Waals surface area contributed by atoms with E-state index in [1.54, 1.807) is 18.3 Å². The van der Waals surface area contributed by atoms with Gasteiger partial charge in [0, 0.05) is 12.3 Å². The highest BCUT2D eigenvalue weighted by Crippen LogP contribution is 2.26. The summed E-state index contributed by atoms with van der Waals surface area (Å²) in [5, 5.41) is 8.93. The number of nitrogens with zero attached hydrogens (tertiary/aromatic N) is 1. The van der Waals surface area contributed by atoms with Crippen molar-refractivity contribution in [3.63, 3.8) is 0 Å². The van der Waals surface area contributed by atoms with Gasteiger partial charge >= 0.3 is 0 Å². The second-order valence-electron chi connectivity index (χ2n) is 3.32. The van der Waals surface area contributed by atoms with Gasteiger partial charge in [0.25, 0.3) is 0 Å². The summed E-state index contributed by atoms with van der Waals surface area (Å²) in [4.78, 5) is 3.93. The van der Waals surface area contributed by atoms with Crippen LogP contribution in [0.2, 0.25) is 0 Å². The predicted octanol–water partition coefficient (Wildman–Crippen LogP) is 3.27. The van der Waals surface area contributed by atoms with Gasteiger partial charge in [-0.2, -0.15) is 0 Å². The first-order valence-electron chi connectivity index (χ1n) is 4.88. The Balaban J connectivity index is 2.22. The fourth-order valence-corrected chi connectivity index (χ4v) is 1.64. The minimum atomic E-state index is -0.344. The lowest BCUT2D eigenvalue weighted by molar-refractivity contribution is 0.276. The van der Waals surface area contributed by atoms with Crippen LogP contribution in [-0.2, 0) is 6.61 Å². The Morgan fingerprint density at radius 2 is 2.00 bits per heavy atom. The molecule has 0 aliphatic carbocycles. The maximum absolute atomic E-state index is 13.0. The van der Waals surface area contributed by atoms with Gasteiger partial charge in [0.05, 0.1) is 16.8 Å². The summed E-state index contributed by atoms with van der Waals surface area (Å²) in [7, 11) is 0. The van der Waals surface area contributed by atoms with Gasteiger partial charge < -0.3 is 9.84 Å². The van der Waals surface area contributed by atoms with Crippen LogP contribution in [0, 0.1) is 5.82 Å². The van der Waals surface area contributed by atoms with Gasteiger partial charge in [0.1, 0.15) is 17.3 Å². The monoisotopic (exact) mass is 297 g/mol. The zero-order chi connectivity index (χ0) is 12.3. The summed E-state index contributed by atoms with van der Waals surface area (Å²) in [6, 6.07) is 7.66. The quantitative estimate of drug-likeness (QED) is 0.945. The fourth-order valence-electron chi connectivity index (χ4n) is 1.28. The predicted molar refractivity (Wildman–Crippen MR) is 64.3 cm³/mol. The molecule has 2 rings (SSSR count). The lowest BCUT2D eigenvalue weighted by Gasteiger charge is -2.07. The maximum atomic E-state index is 13.0. The largest absolute Gasteiger partial charge is 0.457 e. The summed E-state index contributed by atoms with van der Waals surface area (Å²) >= 11 is 3.08. The van der Waals surface area contributed by atoms with Crippen molar-refractivity contribution < 1.29 is 14.2 Å². The SMILES string of the molecule is OCc1cc(Oc2ccc(F)c(Br)c2)ccn1. The van der Waals surface area contributed by atoms with Crippen molar-refractivity contribution >= 4 is 15.9 Å². The Hall–Kier alpha value is -1.46. The van der Waals surface area contributed by atoms with Crippen LogP contribution in [0.15, 0.2) is 41.0 Å². The number of pyridine rings is 1. The van der Waals surface area contributed by atoms with Gasteiger partial charge in [-0.3, -0.25) is 4.98 Å². The molecule has 5 heteroatoms. The molecule has 0 spiro atoms. The first-order valence-corrected chi connectivity index (χ1v) is 5.67. The van der Waals surface area contributed by atoms with Gasteiger partial charge in [0.15, 0.2) is 0 Å². The van der Waals surface area contributed by atoms with Gasteiger partial charge in [-0.15, -0.1) is 0 Å². The molecule has 0 radical (unpaired) electrons. The highest BCUT2D eigenvalue weighted by atomic mass is 79.9. The van der Waals surface area contributed by atoms with Crippen LogP contribution in [0.3, 0.4) is 0 Å². The summed E-state index contributed by atoms with van der Waals surface area (Å²) in [5.41, 5.74) is 0.517. The molecule has 0 unspecified atom stereocenters. The van der Waals surface area contributed by atoms with Gasteiger partial charge in [-0.05, 0) is 40.2 Å². The molecule has 3 nitrogen and oxygen atoms in total. The smallest absolute Gasteiger partial charge is 0.137 e. The van der Waals surface area contributed by atoms with E-state index in [1.165, 1.54) is 18.2 Å². The molecule has 0 amide bonds. The van der Waals surface area contributed by atoms with Crippen LogP contribution in [-0.4, -0.2) is 10.1 Å². The molecular formula is C12H9BrFNO2. The van der Waals surface area contributed by atoms with Crippen molar-refractivity contribution in [3.8, 4) is 11.5 Å². The van der Waals surface area contributed by atoms with Crippen molar-refractivity contribution in [1.82, 2.24) is 4.98 Å². The Bertz CT molecular complexity index is 534. The second-order valence-corrected chi connectivity index (χ2v) is 4.17. The molecule has 1 aromatic carbocycles. The lowest BCUT2D eigenvalue weighted by atomic mass is 10.3. The number of aromatic nitrogens is 1. The van der Waals surface area contributed by atoms with Crippen molar-refractivity contribution in [2.75, 3.05) is 0 Å². The molecule has 88 valence electrons. The standard InChI is InChI=1S/C12H9BrFNO2/c13-11-6-9(1-2-12(11)14)17-10-3-4-15-8(5-10)7-16/h1-6,16H,7H2. The summed E-state index contributed by atoms with van der Waals surface area (Å²) in [6.45, 7) is -0.148. The highest BCUT2D eigenvalue weighted by Gasteiger charge is 2.03. The molecular weight excluding hydrogens is 289 g/mol. The maximum Gasteiger partial charge on any atom is 0.137 e. The van der Waals surface area contributed by atoms with E-state index >= 15 is 0 Å². The number of benzene rings is 1. The van der Waals surface area contributed by atoms with Crippen molar-refractivity contribution in [3.05, 3.63) is 52.5 Å². The molecule has 1 N–H and O–H groups in total. The molecule has 0 bridgehead atoms. The number of halogens is 2. The molecule has 1 heterocycles. The summed E-state index contributed by atoms with van der Waals surface area (Å²) < 4.78 is 18.9. The molecule has 0 fully saturated rings. The van der Waals surface area contributed by atoms with E-state index in [-0.39, 0.29) is 12.4 Å². The Morgan fingerprint density at radius 3 is 2.71 bits per heavy atom. The Kier molecular flexibility index (Phi) is 3.71. The molecule has 0 atom stereocenters. The molecule has 2 aromatic rings. The number of ether oxygens (including phenoxy) is 1. The third-order valence-corrected chi connectivity index (χ3v) is 2.68. The molecule has 0 aliphatic heterocycles. The number of aliphatic hydroxyl groups excluding tert-OH is 1. The molecule has 17 heavy (non-hydrogen) atoms. The highest BCUT2D eigenvalue weighted by molar-refractivity contribution is 9.10. The minimum absolute atomic E-state index is 0.148. The Labute approximate surface area is 106 Å². The third-order valence-electron chi connectivity index (χ3n) is 2.08. The molecule has 0 saturated heterocycles. The van der Waals surface area contributed by atoms with E-state index in [1.807, 2.05) is 0 Å². The van der Waals surface area contributed by atoms with E-state index in [0.29, 0.717) is 21.7 Å². The fraction of sp³-hybridized carbons (Fsp3) is 0.0833. The van der Waals surface area contributed by atoms with Crippen LogP contribution < -0.4 is 4.74 Å². The molecule has 1 aromatic heterocycles. The Morgan fingerprint density at radius 1 is 1.24 bits per heavy atom. The van der Waals surface area contributed by atoms with Crippen LogP contribution in [0.4, 0.5) is 4.39 Å². The van der Waals surface area contributed by atoms with Gasteiger partial charge in [-0.1, -0.05) is 0 Å². The van der Waals surface area contributed by atoms with Crippen LogP contribution in [0.5, 0.6) is 11.5 Å². The van der Waals surface area contributed by atoms with E-state index in [0.717, 1.165) is 0 Å². The second kappa shape index (κ2) is 5.25. The van der Waals surface area contributed by atoms with Crippen LogP contribution >= 0.6 is 15.9 Å².